The predicted octanol–water partition coefficient (Wildman–Crippen LogP) is 7.22. The molecule has 4 aliphatic rings. The number of aromatic nitrogens is 6. The molecule has 63 heavy (non-hydrogen) atoms. The molecule has 10 rings (SSSR count). The molecule has 16 heteroatoms. The zero-order valence-electron chi connectivity index (χ0n) is 35.3. The van der Waals surface area contributed by atoms with Gasteiger partial charge in [-0.3, -0.25) is 19.6 Å². The lowest BCUT2D eigenvalue weighted by Gasteiger charge is -2.36. The number of hydrogen-bond donors (Lipinski definition) is 1. The minimum absolute atomic E-state index is 0.0598. The van der Waals surface area contributed by atoms with Gasteiger partial charge in [-0.15, -0.1) is 0 Å². The lowest BCUT2D eigenvalue weighted by atomic mass is 9.85. The van der Waals surface area contributed by atoms with Gasteiger partial charge in [0.1, 0.15) is 23.8 Å². The molecule has 14 nitrogen and oxygen atoms in total. The molecule has 0 bridgehead atoms. The highest BCUT2D eigenvalue weighted by atomic mass is 19.3. The number of imide groups is 1. The van der Waals surface area contributed by atoms with Crippen LogP contribution in [0.15, 0.2) is 59.5 Å². The number of anilines is 1. The second-order valence-corrected chi connectivity index (χ2v) is 17.3. The van der Waals surface area contributed by atoms with E-state index >= 15 is 0 Å². The molecule has 4 fully saturated rings. The fourth-order valence-electron chi connectivity index (χ4n) is 10.1. The summed E-state index contributed by atoms with van der Waals surface area (Å²) < 4.78 is 50.1. The fourth-order valence-corrected chi connectivity index (χ4v) is 10.1. The Labute approximate surface area is 363 Å². The summed E-state index contributed by atoms with van der Waals surface area (Å²) in [6, 6.07) is 11.9. The van der Waals surface area contributed by atoms with Crippen LogP contribution in [0.25, 0.3) is 38.5 Å². The van der Waals surface area contributed by atoms with E-state index in [1.807, 2.05) is 42.6 Å². The quantitative estimate of drug-likeness (QED) is 0.110. The van der Waals surface area contributed by atoms with Crippen LogP contribution >= 0.6 is 0 Å². The average Bonchev–Trinajstić information content (AvgIpc) is 4.06. The van der Waals surface area contributed by atoms with E-state index < -0.39 is 12.3 Å². The number of fused-ring (bicyclic) bond motifs is 4. The second-order valence-electron chi connectivity index (χ2n) is 17.3. The Balaban J connectivity index is 0.722. The summed E-state index contributed by atoms with van der Waals surface area (Å²) in [5.41, 5.74) is 3.26. The Bertz CT molecular complexity index is 2700. The van der Waals surface area contributed by atoms with Gasteiger partial charge in [-0.05, 0) is 92.3 Å². The van der Waals surface area contributed by atoms with Gasteiger partial charge in [-0.25, -0.2) is 18.3 Å². The van der Waals surface area contributed by atoms with Crippen LogP contribution in [0.2, 0.25) is 0 Å². The Morgan fingerprint density at radius 1 is 0.984 bits per heavy atom. The molecule has 328 valence electrons. The van der Waals surface area contributed by atoms with Gasteiger partial charge in [-0.1, -0.05) is 36.1 Å². The van der Waals surface area contributed by atoms with Crippen LogP contribution in [0, 0.1) is 17.8 Å². The molecule has 2 unspecified atom stereocenters. The topological polar surface area (TPSA) is 145 Å². The molecule has 3 aliphatic heterocycles. The minimum Gasteiger partial charge on any atom is -0.377 e. The van der Waals surface area contributed by atoms with Gasteiger partial charge in [0.2, 0.25) is 11.8 Å². The molecule has 2 amide bonds. The van der Waals surface area contributed by atoms with Crippen LogP contribution in [0.3, 0.4) is 0 Å². The summed E-state index contributed by atoms with van der Waals surface area (Å²) in [4.78, 5) is 34.1. The summed E-state index contributed by atoms with van der Waals surface area (Å²) in [6.45, 7) is 7.39. The van der Waals surface area contributed by atoms with Gasteiger partial charge in [0.05, 0.1) is 54.5 Å². The number of benzene rings is 2. The molecule has 1 saturated carbocycles. The van der Waals surface area contributed by atoms with Crippen molar-refractivity contribution in [1.82, 2.24) is 39.8 Å². The van der Waals surface area contributed by atoms with E-state index in [1.54, 1.807) is 21.6 Å². The fraction of sp³-hybridized carbons (Fsp3) is 0.489. The number of piperidine rings is 2. The van der Waals surface area contributed by atoms with Gasteiger partial charge in [0.25, 0.3) is 6.43 Å². The predicted molar refractivity (Wildman–Crippen MR) is 231 cm³/mol. The van der Waals surface area contributed by atoms with Crippen molar-refractivity contribution in [1.29, 1.82) is 0 Å². The summed E-state index contributed by atoms with van der Waals surface area (Å²) in [5, 5.41) is 18.3. The highest BCUT2D eigenvalue weighted by molar-refractivity contribution is 6.11. The van der Waals surface area contributed by atoms with Gasteiger partial charge in [0, 0.05) is 56.1 Å². The first kappa shape index (κ1) is 41.3. The number of nitrogens with one attached hydrogen (secondary N) is 1. The van der Waals surface area contributed by atoms with E-state index in [0.29, 0.717) is 60.2 Å². The molecule has 7 heterocycles. The molecule has 3 saturated heterocycles. The van der Waals surface area contributed by atoms with Crippen molar-refractivity contribution in [2.75, 3.05) is 50.9 Å². The molecule has 0 spiro atoms. The van der Waals surface area contributed by atoms with E-state index in [4.69, 9.17) is 19.0 Å². The minimum atomic E-state index is -2.72. The van der Waals surface area contributed by atoms with Crippen LogP contribution in [-0.2, 0) is 19.1 Å². The maximum atomic E-state index is 14.6. The molecule has 0 radical (unpaired) electrons. The van der Waals surface area contributed by atoms with E-state index in [-0.39, 0.29) is 42.1 Å². The van der Waals surface area contributed by atoms with Crippen molar-refractivity contribution in [3.05, 3.63) is 71.9 Å². The van der Waals surface area contributed by atoms with E-state index in [2.05, 4.69) is 49.2 Å². The largest absolute Gasteiger partial charge is 0.377 e. The third-order valence-electron chi connectivity index (χ3n) is 13.6. The smallest absolute Gasteiger partial charge is 0.282 e. The third kappa shape index (κ3) is 8.29. The van der Waals surface area contributed by atoms with E-state index in [1.165, 1.54) is 0 Å². The van der Waals surface area contributed by atoms with Crippen molar-refractivity contribution >= 4 is 45.0 Å². The van der Waals surface area contributed by atoms with Gasteiger partial charge < -0.3 is 23.8 Å². The Kier molecular flexibility index (Phi) is 11.6. The molecule has 4 aromatic heterocycles. The highest BCUT2D eigenvalue weighted by Crippen LogP contribution is 2.39. The van der Waals surface area contributed by atoms with Crippen LogP contribution in [0.1, 0.15) is 100 Å². The zero-order valence-corrected chi connectivity index (χ0v) is 35.3. The van der Waals surface area contributed by atoms with Gasteiger partial charge in [-0.2, -0.15) is 10.2 Å². The summed E-state index contributed by atoms with van der Waals surface area (Å²) >= 11 is 0. The average molecular weight is 860 g/mol. The van der Waals surface area contributed by atoms with Crippen LogP contribution < -0.4 is 10.2 Å². The normalized spacial score (nSPS) is 22.9. The Hall–Kier alpha value is -5.76. The number of halogens is 2. The first-order valence-corrected chi connectivity index (χ1v) is 22.3. The number of carbonyl (C=O) groups excluding carboxylic acids is 2. The van der Waals surface area contributed by atoms with Gasteiger partial charge in [0.15, 0.2) is 11.2 Å². The third-order valence-corrected chi connectivity index (χ3v) is 13.6. The maximum absolute atomic E-state index is 14.6. The molecular formula is C47H51F2N9O5. The van der Waals surface area contributed by atoms with E-state index in [0.717, 1.165) is 98.7 Å². The summed E-state index contributed by atoms with van der Waals surface area (Å²) in [7, 11) is 0. The van der Waals surface area contributed by atoms with Crippen LogP contribution in [0.4, 0.5) is 14.6 Å². The second kappa shape index (κ2) is 17.8. The Morgan fingerprint density at radius 2 is 1.84 bits per heavy atom. The number of amides is 2. The number of ether oxygens (including phenoxy) is 2. The maximum Gasteiger partial charge on any atom is 0.282 e. The first-order chi connectivity index (χ1) is 30.8. The highest BCUT2D eigenvalue weighted by Gasteiger charge is 2.33. The number of likely N-dealkylation sites (tertiary alicyclic amines) is 1. The van der Waals surface area contributed by atoms with Crippen LogP contribution in [-0.4, -0.2) is 104 Å². The van der Waals surface area contributed by atoms with Crippen molar-refractivity contribution in [2.24, 2.45) is 5.92 Å². The zero-order chi connectivity index (χ0) is 43.0. The van der Waals surface area contributed by atoms with Gasteiger partial charge >= 0.3 is 0 Å². The number of hydrogen-bond acceptors (Lipinski definition) is 11. The molecule has 1 N–H and O–H groups in total. The van der Waals surface area contributed by atoms with Crippen molar-refractivity contribution < 1.29 is 32.4 Å². The number of alkyl halides is 2. The molecule has 2 aromatic carbocycles. The number of carbonyl (C=O) groups is 2. The lowest BCUT2D eigenvalue weighted by Crippen LogP contribution is -2.45. The van der Waals surface area contributed by atoms with Crippen molar-refractivity contribution in [2.45, 2.75) is 95.2 Å². The monoisotopic (exact) mass is 859 g/mol. The molecule has 6 aromatic rings. The first-order valence-electron chi connectivity index (χ1n) is 22.3. The number of rotatable bonds is 10. The molecular weight excluding hydrogens is 809 g/mol. The molecule has 2 atom stereocenters. The Morgan fingerprint density at radius 3 is 2.65 bits per heavy atom. The number of morpholine rings is 1. The molecule has 1 aliphatic carbocycles. The van der Waals surface area contributed by atoms with Crippen molar-refractivity contribution in [3.8, 4) is 23.0 Å². The lowest BCUT2D eigenvalue weighted by molar-refractivity contribution is -0.134. The summed E-state index contributed by atoms with van der Waals surface area (Å²) in [5.74, 6) is 6.70. The van der Waals surface area contributed by atoms with Crippen LogP contribution in [0.5, 0.6) is 0 Å². The SMILES string of the molecule is CCC1COCCN1c1ccn2ncc(-c3cn(C4CCC(CN5CCC(OCC#Cc6cccc7c6ccc6onc(C8CCC(=O)NC8=O)c67)CC5)CC4)nc3C(F)F)c2n1. The van der Waals surface area contributed by atoms with E-state index in [9.17, 15) is 18.4 Å². The number of nitrogens with zero attached hydrogens (tertiary/aromatic N) is 8. The standard InChI is InChI=1S/C47H51F2N9O5/c1-2-31-28-61-24-22-56(31)40-18-21-57-46(51-40)37(25-50-57)38-27-58(53-44(38)45(48)49)32-10-8-29(9-11-32)26-55-19-16-33(17-20-55)62-23-4-6-30-5-3-7-35-34(30)12-14-39-42(35)43(54-63-39)36-13-15-41(59)52-47(36)60/h3,5,7,12,14,18,21,25,27,29,31-33,36,45H,2,8-11,13,15-17,19-20,22-24,26,28H2,1H3,(H,52,59,60). The van der Waals surface area contributed by atoms with Crippen molar-refractivity contribution in [3.63, 3.8) is 0 Å². The summed E-state index contributed by atoms with van der Waals surface area (Å²) in [6.07, 6.45) is 9.95.